The van der Waals surface area contributed by atoms with E-state index in [0.29, 0.717) is 0 Å². The van der Waals surface area contributed by atoms with Crippen LogP contribution in [0.4, 0.5) is 0 Å². The molecule has 51 heavy (non-hydrogen) atoms. The van der Waals surface area contributed by atoms with Crippen molar-refractivity contribution in [1.82, 2.24) is 14.4 Å². The Morgan fingerprint density at radius 3 is 1.90 bits per heavy atom. The number of pyridine rings is 2. The maximum Gasteiger partial charge on any atom is 0.146 e. The zero-order chi connectivity index (χ0) is 34.1. The van der Waals surface area contributed by atoms with E-state index in [0.717, 1.165) is 46.2 Å². The first-order valence-electron chi connectivity index (χ1n) is 18.1. The van der Waals surface area contributed by atoms with Gasteiger partial charge < -0.3 is 0 Å². The first-order valence-corrected chi connectivity index (χ1v) is 18.1. The van der Waals surface area contributed by atoms with Crippen molar-refractivity contribution in [3.05, 3.63) is 150 Å². The average molecular weight is 654 g/mol. The number of benzene rings is 7. The molecule has 0 spiro atoms. The highest BCUT2D eigenvalue weighted by Gasteiger charge is 2.18. The summed E-state index contributed by atoms with van der Waals surface area (Å²) in [5.41, 5.74) is 9.99. The smallest absolute Gasteiger partial charge is 0.146 e. The second kappa shape index (κ2) is 11.6. The molecule has 11 rings (SSSR count). The monoisotopic (exact) mass is 653 g/mol. The van der Waals surface area contributed by atoms with Crippen LogP contribution in [0.15, 0.2) is 140 Å². The van der Waals surface area contributed by atoms with Gasteiger partial charge in [-0.05, 0) is 63.5 Å². The summed E-state index contributed by atoms with van der Waals surface area (Å²) in [7, 11) is 0. The summed E-state index contributed by atoms with van der Waals surface area (Å²) in [4.78, 5) is 10.6. The molecule has 0 bridgehead atoms. The molecular formula is C48H35N3. The number of nitrogens with zero attached hydrogens (tertiary/aromatic N) is 3. The molecule has 3 nitrogen and oxygen atoms in total. The van der Waals surface area contributed by atoms with Gasteiger partial charge in [-0.15, -0.1) is 0 Å². The molecule has 0 N–H and O–H groups in total. The van der Waals surface area contributed by atoms with Gasteiger partial charge in [0.15, 0.2) is 0 Å². The van der Waals surface area contributed by atoms with Gasteiger partial charge in [0.1, 0.15) is 5.65 Å². The van der Waals surface area contributed by atoms with Crippen molar-refractivity contribution in [3.63, 3.8) is 0 Å². The maximum absolute atomic E-state index is 5.42. The van der Waals surface area contributed by atoms with Crippen LogP contribution >= 0.6 is 0 Å². The van der Waals surface area contributed by atoms with Gasteiger partial charge in [0, 0.05) is 37.7 Å². The summed E-state index contributed by atoms with van der Waals surface area (Å²) in [6.45, 7) is 4.00. The fraction of sp³-hybridized carbons (Fsp3) is 0.0833. The third-order valence-electron chi connectivity index (χ3n) is 10.6. The van der Waals surface area contributed by atoms with Crippen molar-refractivity contribution in [2.45, 2.75) is 26.7 Å². The second-order valence-electron chi connectivity index (χ2n) is 13.2. The third-order valence-corrected chi connectivity index (χ3v) is 10.6. The van der Waals surface area contributed by atoms with Crippen molar-refractivity contribution < 1.29 is 0 Å². The van der Waals surface area contributed by atoms with Crippen LogP contribution < -0.4 is 10.4 Å². The van der Waals surface area contributed by atoms with E-state index < -0.39 is 0 Å². The number of hydrogen-bond acceptors (Lipinski definition) is 2. The Labute approximate surface area is 295 Å². The molecule has 3 heterocycles. The van der Waals surface area contributed by atoms with E-state index in [-0.39, 0.29) is 0 Å². The molecule has 3 heteroatoms. The standard InChI is InChI=1S/C46H29N3.C2H6/c1-2-10-33-29(9-1)19-22-31-23-25-41(47-43(31)33)30-20-17-28(18-21-30)32-24-26-42-40(27-32)36-13-5-8-16-39(36)46-48-44-37-14-6-3-11-34(37)35-12-4-7-15-38(35)45(44)49(42)46;1-2/h1-2,4-5,7-27H,3,6H2;1-2H3. The molecule has 1 aliphatic rings. The Hall–Kier alpha value is -6.32. The van der Waals surface area contributed by atoms with Gasteiger partial charge in [-0.3, -0.25) is 4.40 Å². The van der Waals surface area contributed by atoms with Crippen LogP contribution in [-0.2, 0) is 0 Å². The Bertz CT molecular complexity index is 3150. The predicted molar refractivity (Wildman–Crippen MR) is 218 cm³/mol. The largest absolute Gasteiger partial charge is 0.291 e. The quantitative estimate of drug-likeness (QED) is 0.174. The van der Waals surface area contributed by atoms with Crippen molar-refractivity contribution in [2.75, 3.05) is 0 Å². The molecule has 242 valence electrons. The van der Waals surface area contributed by atoms with E-state index in [4.69, 9.17) is 9.97 Å². The highest BCUT2D eigenvalue weighted by atomic mass is 15.0. The highest BCUT2D eigenvalue weighted by Crippen LogP contribution is 2.36. The molecule has 0 amide bonds. The van der Waals surface area contributed by atoms with Crippen molar-refractivity contribution in [1.29, 1.82) is 0 Å². The molecule has 0 saturated heterocycles. The Morgan fingerprint density at radius 2 is 1.08 bits per heavy atom. The third kappa shape index (κ3) is 4.44. The van der Waals surface area contributed by atoms with Gasteiger partial charge in [0.2, 0.25) is 0 Å². The van der Waals surface area contributed by atoms with Gasteiger partial charge in [-0.25, -0.2) is 9.97 Å². The molecule has 0 atom stereocenters. The lowest BCUT2D eigenvalue weighted by Crippen LogP contribution is -2.28. The lowest BCUT2D eigenvalue weighted by Gasteiger charge is -2.13. The lowest BCUT2D eigenvalue weighted by atomic mass is 9.97. The number of imidazole rings is 1. The maximum atomic E-state index is 5.42. The number of fused-ring (bicyclic) bond motifs is 16. The molecule has 0 saturated carbocycles. The predicted octanol–water partition coefficient (Wildman–Crippen LogP) is 11.4. The first-order chi connectivity index (χ1) is 25.3. The molecule has 0 fully saturated rings. The minimum absolute atomic E-state index is 0.985. The summed E-state index contributed by atoms with van der Waals surface area (Å²) in [6.07, 6.45) is 6.90. The normalized spacial score (nSPS) is 12.7. The summed E-state index contributed by atoms with van der Waals surface area (Å²) >= 11 is 0. The van der Waals surface area contributed by atoms with Crippen molar-refractivity contribution >= 4 is 83.0 Å². The van der Waals surface area contributed by atoms with E-state index >= 15 is 0 Å². The van der Waals surface area contributed by atoms with Gasteiger partial charge in [-0.1, -0.05) is 147 Å². The van der Waals surface area contributed by atoms with Crippen molar-refractivity contribution in [2.24, 2.45) is 0 Å². The van der Waals surface area contributed by atoms with Crippen LogP contribution in [0.25, 0.3) is 105 Å². The summed E-state index contributed by atoms with van der Waals surface area (Å²) in [5.74, 6) is 0. The van der Waals surface area contributed by atoms with E-state index in [1.54, 1.807) is 0 Å². The Morgan fingerprint density at radius 1 is 0.451 bits per heavy atom. The van der Waals surface area contributed by atoms with Crippen molar-refractivity contribution in [3.8, 4) is 22.4 Å². The average Bonchev–Trinajstić information content (AvgIpc) is 3.63. The molecule has 0 unspecified atom stereocenters. The zero-order valence-corrected chi connectivity index (χ0v) is 28.7. The van der Waals surface area contributed by atoms with E-state index in [1.807, 2.05) is 13.8 Å². The van der Waals surface area contributed by atoms with Crippen LogP contribution in [0, 0.1) is 0 Å². The van der Waals surface area contributed by atoms with E-state index in [1.165, 1.54) is 70.3 Å². The van der Waals surface area contributed by atoms with Gasteiger partial charge in [0.25, 0.3) is 0 Å². The number of aromatic nitrogens is 3. The molecular weight excluding hydrogens is 619 g/mol. The van der Waals surface area contributed by atoms with Crippen LogP contribution in [0.1, 0.15) is 26.7 Å². The zero-order valence-electron chi connectivity index (χ0n) is 28.7. The van der Waals surface area contributed by atoms with Crippen LogP contribution in [0.3, 0.4) is 0 Å². The van der Waals surface area contributed by atoms with Crippen LogP contribution in [0.2, 0.25) is 0 Å². The van der Waals surface area contributed by atoms with Gasteiger partial charge in [-0.2, -0.15) is 0 Å². The number of hydrogen-bond donors (Lipinski definition) is 0. The fourth-order valence-electron chi connectivity index (χ4n) is 8.24. The summed E-state index contributed by atoms with van der Waals surface area (Å²) in [6, 6.07) is 50.5. The van der Waals surface area contributed by atoms with Gasteiger partial charge >= 0.3 is 0 Å². The highest BCUT2D eigenvalue weighted by molar-refractivity contribution is 6.17. The minimum Gasteiger partial charge on any atom is -0.291 e. The molecule has 10 aromatic rings. The lowest BCUT2D eigenvalue weighted by molar-refractivity contribution is 1.12. The minimum atomic E-state index is 0.985. The molecule has 1 aliphatic carbocycles. The van der Waals surface area contributed by atoms with Gasteiger partial charge in [0.05, 0.1) is 27.8 Å². The Balaban J connectivity index is 0.00000161. The van der Waals surface area contributed by atoms with Crippen LogP contribution in [-0.4, -0.2) is 14.4 Å². The topological polar surface area (TPSA) is 30.2 Å². The number of rotatable bonds is 2. The van der Waals surface area contributed by atoms with E-state index in [2.05, 4.69) is 156 Å². The Kier molecular flexibility index (Phi) is 6.75. The molecule has 0 aliphatic heterocycles. The first kappa shape index (κ1) is 29.6. The SMILES string of the molecule is C1=c2c(c3nc4c5ccccc5c5cc(-c6ccc(-c7ccc8ccc9ccccc9c8n7)cc6)ccc5n4c3c3ccccc23)=CCC1.CC. The van der Waals surface area contributed by atoms with Crippen LogP contribution in [0.5, 0.6) is 0 Å². The molecule has 3 aromatic heterocycles. The molecule has 0 radical (unpaired) electrons. The summed E-state index contributed by atoms with van der Waals surface area (Å²) in [5, 5.41) is 12.3. The molecule has 7 aromatic carbocycles. The fourth-order valence-corrected chi connectivity index (χ4v) is 8.24. The second-order valence-corrected chi connectivity index (χ2v) is 13.2. The van der Waals surface area contributed by atoms with E-state index in [9.17, 15) is 0 Å². The summed E-state index contributed by atoms with van der Waals surface area (Å²) < 4.78 is 2.42.